The molecule has 0 amide bonds. The topological polar surface area (TPSA) is 77.8 Å². The molecule has 120 valence electrons. The van der Waals surface area contributed by atoms with E-state index in [1.165, 1.54) is 0 Å². The highest BCUT2D eigenvalue weighted by Gasteiger charge is 2.35. The molecule has 2 aromatic rings. The number of hydrogen-bond donors (Lipinski definition) is 1. The molecule has 22 heavy (non-hydrogen) atoms. The minimum atomic E-state index is -0.358. The zero-order chi connectivity index (χ0) is 14.5. The summed E-state index contributed by atoms with van der Waals surface area (Å²) in [5.74, 6) is 3.22. The highest BCUT2D eigenvalue weighted by atomic mass is 35.5. The minimum absolute atomic E-state index is 0. The number of pyridine rings is 1. The lowest BCUT2D eigenvalue weighted by Gasteiger charge is -2.17. The largest absolute Gasteiger partial charge is 0.339 e. The summed E-state index contributed by atoms with van der Waals surface area (Å²) >= 11 is 1.82. The molecular formula is C15H21ClN4OS. The van der Waals surface area contributed by atoms with Gasteiger partial charge in [-0.15, -0.1) is 12.4 Å². The van der Waals surface area contributed by atoms with Crippen LogP contribution >= 0.6 is 24.2 Å². The predicted molar refractivity (Wildman–Crippen MR) is 90.0 cm³/mol. The second-order valence-electron chi connectivity index (χ2n) is 5.50. The van der Waals surface area contributed by atoms with Gasteiger partial charge in [0.1, 0.15) is 0 Å². The quantitative estimate of drug-likeness (QED) is 0.814. The minimum Gasteiger partial charge on any atom is -0.339 e. The van der Waals surface area contributed by atoms with Gasteiger partial charge in [-0.1, -0.05) is 24.1 Å². The van der Waals surface area contributed by atoms with Crippen molar-refractivity contribution in [3.8, 4) is 0 Å². The number of rotatable bonds is 6. The van der Waals surface area contributed by atoms with Crippen molar-refractivity contribution in [3.63, 3.8) is 0 Å². The highest BCUT2D eigenvalue weighted by molar-refractivity contribution is 7.98. The SMILES string of the molecule is Cl.NC1(c2noc(CCSCc3ccccn3)n2)CCCC1. The summed E-state index contributed by atoms with van der Waals surface area (Å²) in [5, 5.41) is 4.07. The van der Waals surface area contributed by atoms with Crippen LogP contribution in [0.4, 0.5) is 0 Å². The van der Waals surface area contributed by atoms with E-state index in [2.05, 4.69) is 15.1 Å². The van der Waals surface area contributed by atoms with Crippen LogP contribution in [0, 0.1) is 0 Å². The summed E-state index contributed by atoms with van der Waals surface area (Å²) in [6.07, 6.45) is 6.82. The Morgan fingerprint density at radius 2 is 2.09 bits per heavy atom. The van der Waals surface area contributed by atoms with Crippen molar-refractivity contribution in [1.82, 2.24) is 15.1 Å². The first-order valence-corrected chi connectivity index (χ1v) is 8.51. The Morgan fingerprint density at radius 1 is 1.27 bits per heavy atom. The van der Waals surface area contributed by atoms with E-state index in [0.29, 0.717) is 11.7 Å². The maximum atomic E-state index is 6.33. The van der Waals surface area contributed by atoms with Crippen LogP contribution in [-0.2, 0) is 17.7 Å². The Kier molecular flexibility index (Phi) is 6.23. The number of nitrogens with zero attached hydrogens (tertiary/aromatic N) is 3. The van der Waals surface area contributed by atoms with E-state index in [-0.39, 0.29) is 17.9 Å². The molecule has 0 saturated heterocycles. The Hall–Kier alpha value is -1.11. The van der Waals surface area contributed by atoms with Gasteiger partial charge in [-0.05, 0) is 25.0 Å². The Labute approximate surface area is 140 Å². The molecule has 1 saturated carbocycles. The molecule has 5 nitrogen and oxygen atoms in total. The molecule has 7 heteroatoms. The molecule has 0 spiro atoms. The molecule has 0 aromatic carbocycles. The van der Waals surface area contributed by atoms with E-state index in [4.69, 9.17) is 10.3 Å². The third-order valence-corrected chi connectivity index (χ3v) is 4.84. The van der Waals surface area contributed by atoms with Crippen molar-refractivity contribution in [2.75, 3.05) is 5.75 Å². The van der Waals surface area contributed by atoms with Crippen molar-refractivity contribution in [2.24, 2.45) is 5.73 Å². The molecule has 3 rings (SSSR count). The van der Waals surface area contributed by atoms with Gasteiger partial charge in [0.25, 0.3) is 0 Å². The number of halogens is 1. The first-order valence-electron chi connectivity index (χ1n) is 7.36. The van der Waals surface area contributed by atoms with Crippen molar-refractivity contribution >= 4 is 24.2 Å². The number of nitrogens with two attached hydrogens (primary N) is 1. The summed E-state index contributed by atoms with van der Waals surface area (Å²) in [4.78, 5) is 8.78. The van der Waals surface area contributed by atoms with Gasteiger partial charge in [-0.3, -0.25) is 4.98 Å². The van der Waals surface area contributed by atoms with Crippen LogP contribution < -0.4 is 5.73 Å². The van der Waals surface area contributed by atoms with Crippen LogP contribution in [0.1, 0.15) is 43.1 Å². The van der Waals surface area contributed by atoms with Crippen LogP contribution in [0.25, 0.3) is 0 Å². The van der Waals surface area contributed by atoms with Gasteiger partial charge < -0.3 is 10.3 Å². The van der Waals surface area contributed by atoms with Crippen LogP contribution in [0.3, 0.4) is 0 Å². The van der Waals surface area contributed by atoms with E-state index >= 15 is 0 Å². The Bertz CT molecular complexity index is 572. The van der Waals surface area contributed by atoms with E-state index < -0.39 is 0 Å². The fourth-order valence-electron chi connectivity index (χ4n) is 2.61. The smallest absolute Gasteiger partial charge is 0.227 e. The average Bonchev–Trinajstić information content (AvgIpc) is 3.15. The normalized spacial score (nSPS) is 16.4. The number of aryl methyl sites for hydroxylation is 1. The van der Waals surface area contributed by atoms with Gasteiger partial charge in [-0.25, -0.2) is 0 Å². The Balaban J connectivity index is 0.00000176. The summed E-state index contributed by atoms with van der Waals surface area (Å²) in [6, 6.07) is 5.98. The lowest BCUT2D eigenvalue weighted by molar-refractivity contribution is 0.351. The summed E-state index contributed by atoms with van der Waals surface area (Å²) < 4.78 is 5.32. The lowest BCUT2D eigenvalue weighted by Crippen LogP contribution is -2.34. The van der Waals surface area contributed by atoms with Gasteiger partial charge in [0, 0.05) is 24.1 Å². The predicted octanol–water partition coefficient (Wildman–Crippen LogP) is 3.09. The molecule has 2 heterocycles. The van der Waals surface area contributed by atoms with E-state index in [9.17, 15) is 0 Å². The Morgan fingerprint density at radius 3 is 2.82 bits per heavy atom. The lowest BCUT2D eigenvalue weighted by atomic mass is 9.99. The standard InChI is InChI=1S/C15H20N4OS.ClH/c16-15(7-2-3-8-15)14-18-13(20-19-14)6-10-21-11-12-5-1-4-9-17-12;/h1,4-5,9H,2-3,6-8,10-11,16H2;1H. The zero-order valence-electron chi connectivity index (χ0n) is 12.4. The van der Waals surface area contributed by atoms with Gasteiger partial charge in [0.2, 0.25) is 5.89 Å². The van der Waals surface area contributed by atoms with Crippen molar-refractivity contribution < 1.29 is 4.52 Å². The average molecular weight is 341 g/mol. The third kappa shape index (κ3) is 4.21. The fourth-order valence-corrected chi connectivity index (χ4v) is 3.45. The fraction of sp³-hybridized carbons (Fsp3) is 0.533. The van der Waals surface area contributed by atoms with Gasteiger partial charge >= 0.3 is 0 Å². The molecule has 0 atom stereocenters. The van der Waals surface area contributed by atoms with Gasteiger partial charge in [0.15, 0.2) is 5.82 Å². The van der Waals surface area contributed by atoms with Gasteiger partial charge in [0.05, 0.1) is 11.2 Å². The first kappa shape index (κ1) is 17.2. The first-order chi connectivity index (χ1) is 10.3. The van der Waals surface area contributed by atoms with Crippen molar-refractivity contribution in [1.29, 1.82) is 0 Å². The third-order valence-electron chi connectivity index (χ3n) is 3.85. The molecular weight excluding hydrogens is 320 g/mol. The second-order valence-corrected chi connectivity index (χ2v) is 6.60. The van der Waals surface area contributed by atoms with E-state index in [1.807, 2.05) is 36.2 Å². The molecule has 1 aliphatic rings. The van der Waals surface area contributed by atoms with Crippen molar-refractivity contribution in [3.05, 3.63) is 41.8 Å². The molecule has 0 bridgehead atoms. The summed E-state index contributed by atoms with van der Waals surface area (Å²) in [6.45, 7) is 0. The summed E-state index contributed by atoms with van der Waals surface area (Å²) in [7, 11) is 0. The van der Waals surface area contributed by atoms with Gasteiger partial charge in [-0.2, -0.15) is 16.7 Å². The zero-order valence-corrected chi connectivity index (χ0v) is 14.0. The van der Waals surface area contributed by atoms with Crippen molar-refractivity contribution in [2.45, 2.75) is 43.4 Å². The van der Waals surface area contributed by atoms with E-state index in [0.717, 1.165) is 49.3 Å². The molecule has 0 aliphatic heterocycles. The molecule has 0 unspecified atom stereocenters. The molecule has 2 N–H and O–H groups in total. The summed E-state index contributed by atoms with van der Waals surface area (Å²) in [5.41, 5.74) is 7.07. The maximum Gasteiger partial charge on any atom is 0.227 e. The second kappa shape index (κ2) is 7.94. The number of hydrogen-bond acceptors (Lipinski definition) is 6. The molecule has 1 aliphatic carbocycles. The van der Waals surface area contributed by atoms with Crippen LogP contribution in [0.5, 0.6) is 0 Å². The molecule has 1 fully saturated rings. The highest BCUT2D eigenvalue weighted by Crippen LogP contribution is 2.34. The van der Waals surface area contributed by atoms with E-state index in [1.54, 1.807) is 0 Å². The number of aromatic nitrogens is 3. The maximum absolute atomic E-state index is 6.33. The van der Waals surface area contributed by atoms with Crippen LogP contribution in [0.15, 0.2) is 28.9 Å². The number of thioether (sulfide) groups is 1. The van der Waals surface area contributed by atoms with Crippen LogP contribution in [-0.4, -0.2) is 20.9 Å². The molecule has 2 aromatic heterocycles. The molecule has 0 radical (unpaired) electrons. The van der Waals surface area contributed by atoms with Crippen LogP contribution in [0.2, 0.25) is 0 Å². The monoisotopic (exact) mass is 340 g/mol.